The molecular weight excluding hydrogens is 268 g/mol. The first-order valence-corrected chi connectivity index (χ1v) is 6.27. The molecule has 0 aromatic heterocycles. The molecule has 0 radical (unpaired) electrons. The zero-order chi connectivity index (χ0) is 15.2. The molecule has 0 saturated heterocycles. The molecule has 2 aromatic rings. The van der Waals surface area contributed by atoms with E-state index < -0.39 is 0 Å². The predicted molar refractivity (Wildman–Crippen MR) is 77.9 cm³/mol. The van der Waals surface area contributed by atoms with Crippen LogP contribution in [-0.2, 0) is 11.3 Å². The molecule has 2 N–H and O–H groups in total. The number of phenolic OH excluding ortho intramolecular Hbond substituents is 1. The Morgan fingerprint density at radius 1 is 1.33 bits per heavy atom. The van der Waals surface area contributed by atoms with Crippen molar-refractivity contribution in [2.45, 2.75) is 6.61 Å². The average molecular weight is 282 g/mol. The number of phenols is 1. The van der Waals surface area contributed by atoms with Gasteiger partial charge in [-0.1, -0.05) is 18.2 Å². The van der Waals surface area contributed by atoms with E-state index in [-0.39, 0.29) is 17.3 Å². The third kappa shape index (κ3) is 3.38. The zero-order valence-electron chi connectivity index (χ0n) is 11.5. The third-order valence-corrected chi connectivity index (χ3v) is 2.94. The van der Waals surface area contributed by atoms with Crippen molar-refractivity contribution in [1.82, 2.24) is 0 Å². The molecule has 0 fully saturated rings. The molecular formula is C16H14N2O3. The number of hydrogen-bond donors (Lipinski definition) is 2. The van der Waals surface area contributed by atoms with Gasteiger partial charge < -0.3 is 15.2 Å². The highest BCUT2D eigenvalue weighted by Gasteiger charge is 2.13. The molecule has 0 saturated carbocycles. The smallest absolute Gasteiger partial charge is 0.256 e. The zero-order valence-corrected chi connectivity index (χ0v) is 11.5. The van der Waals surface area contributed by atoms with Gasteiger partial charge in [-0.3, -0.25) is 4.79 Å². The summed E-state index contributed by atoms with van der Waals surface area (Å²) >= 11 is 0. The fourth-order valence-electron chi connectivity index (χ4n) is 1.92. The van der Waals surface area contributed by atoms with E-state index in [1.54, 1.807) is 25.3 Å². The molecule has 5 nitrogen and oxygen atoms in total. The van der Waals surface area contributed by atoms with E-state index in [4.69, 9.17) is 10.00 Å². The summed E-state index contributed by atoms with van der Waals surface area (Å²) in [6.45, 7) is 0.313. The summed E-state index contributed by atoms with van der Waals surface area (Å²) in [4.78, 5) is 12.3. The number of aromatic hydroxyl groups is 1. The van der Waals surface area contributed by atoms with Gasteiger partial charge in [0.15, 0.2) is 0 Å². The number of carbonyl (C=O) groups is 1. The molecule has 0 heterocycles. The number of nitrogens with one attached hydrogen (secondary N) is 1. The van der Waals surface area contributed by atoms with Crippen molar-refractivity contribution >= 4 is 11.6 Å². The topological polar surface area (TPSA) is 82.3 Å². The Labute approximate surface area is 122 Å². The first-order valence-electron chi connectivity index (χ1n) is 6.27. The second kappa shape index (κ2) is 6.55. The molecule has 106 valence electrons. The maximum Gasteiger partial charge on any atom is 0.256 e. The molecule has 0 aliphatic carbocycles. The van der Waals surface area contributed by atoms with Gasteiger partial charge in [0, 0.05) is 12.7 Å². The van der Waals surface area contributed by atoms with Gasteiger partial charge >= 0.3 is 0 Å². The minimum atomic E-state index is -0.368. The van der Waals surface area contributed by atoms with Crippen LogP contribution in [0, 0.1) is 11.3 Å². The van der Waals surface area contributed by atoms with Crippen LogP contribution in [0.1, 0.15) is 21.5 Å². The SMILES string of the molecule is COCc1ccccc1C(=O)Nc1cc(C#N)ccc1O. The van der Waals surface area contributed by atoms with Crippen molar-refractivity contribution in [2.24, 2.45) is 0 Å². The molecule has 0 atom stereocenters. The Morgan fingerprint density at radius 2 is 2.10 bits per heavy atom. The first kappa shape index (κ1) is 14.6. The van der Waals surface area contributed by atoms with E-state index in [1.165, 1.54) is 18.2 Å². The maximum absolute atomic E-state index is 12.3. The van der Waals surface area contributed by atoms with Crippen LogP contribution in [0.4, 0.5) is 5.69 Å². The molecule has 2 rings (SSSR count). The number of ether oxygens (including phenoxy) is 1. The van der Waals surface area contributed by atoms with Crippen LogP contribution in [0.5, 0.6) is 5.75 Å². The van der Waals surface area contributed by atoms with Crippen molar-refractivity contribution in [3.63, 3.8) is 0 Å². The summed E-state index contributed by atoms with van der Waals surface area (Å²) < 4.78 is 5.06. The van der Waals surface area contributed by atoms with E-state index in [0.717, 1.165) is 5.56 Å². The molecule has 5 heteroatoms. The Hall–Kier alpha value is -2.84. The molecule has 21 heavy (non-hydrogen) atoms. The fourth-order valence-corrected chi connectivity index (χ4v) is 1.92. The van der Waals surface area contributed by atoms with Crippen LogP contribution in [0.3, 0.4) is 0 Å². The predicted octanol–water partition coefficient (Wildman–Crippen LogP) is 2.66. The van der Waals surface area contributed by atoms with Gasteiger partial charge in [0.25, 0.3) is 5.91 Å². The van der Waals surface area contributed by atoms with Gasteiger partial charge in [0.05, 0.1) is 23.9 Å². The van der Waals surface area contributed by atoms with Crippen LogP contribution in [0.15, 0.2) is 42.5 Å². The molecule has 0 aliphatic rings. The maximum atomic E-state index is 12.3. The second-order valence-corrected chi connectivity index (χ2v) is 4.39. The molecule has 0 unspecified atom stereocenters. The molecule has 0 aliphatic heterocycles. The van der Waals surface area contributed by atoms with Crippen LogP contribution in [-0.4, -0.2) is 18.1 Å². The quantitative estimate of drug-likeness (QED) is 0.845. The summed E-state index contributed by atoms with van der Waals surface area (Å²) in [7, 11) is 1.55. The molecule has 0 bridgehead atoms. The lowest BCUT2D eigenvalue weighted by Crippen LogP contribution is -2.14. The second-order valence-electron chi connectivity index (χ2n) is 4.39. The summed E-state index contributed by atoms with van der Waals surface area (Å²) in [5, 5.41) is 21.2. The highest BCUT2D eigenvalue weighted by Crippen LogP contribution is 2.25. The Balaban J connectivity index is 2.28. The first-order chi connectivity index (χ1) is 10.2. The Kier molecular flexibility index (Phi) is 4.54. The monoisotopic (exact) mass is 282 g/mol. The van der Waals surface area contributed by atoms with Crippen LogP contribution >= 0.6 is 0 Å². The number of carbonyl (C=O) groups excluding carboxylic acids is 1. The Bertz CT molecular complexity index is 705. The van der Waals surface area contributed by atoms with E-state index in [2.05, 4.69) is 5.32 Å². The number of benzene rings is 2. The number of amides is 1. The van der Waals surface area contributed by atoms with Crippen LogP contribution < -0.4 is 5.32 Å². The lowest BCUT2D eigenvalue weighted by molar-refractivity contribution is 0.102. The van der Waals surface area contributed by atoms with Crippen molar-refractivity contribution < 1.29 is 14.6 Å². The summed E-state index contributed by atoms with van der Waals surface area (Å²) in [6, 6.07) is 13.3. The summed E-state index contributed by atoms with van der Waals surface area (Å²) in [5.41, 5.74) is 1.76. The molecule has 0 spiro atoms. The van der Waals surface area contributed by atoms with Crippen molar-refractivity contribution in [3.8, 4) is 11.8 Å². The fraction of sp³-hybridized carbons (Fsp3) is 0.125. The number of nitrogens with zero attached hydrogens (tertiary/aromatic N) is 1. The lowest BCUT2D eigenvalue weighted by atomic mass is 10.1. The summed E-state index contributed by atoms with van der Waals surface area (Å²) in [5.74, 6) is -0.459. The van der Waals surface area contributed by atoms with Crippen LogP contribution in [0.2, 0.25) is 0 Å². The number of anilines is 1. The molecule has 1 amide bonds. The summed E-state index contributed by atoms with van der Waals surface area (Å²) in [6.07, 6.45) is 0. The minimum absolute atomic E-state index is 0.0911. The van der Waals surface area contributed by atoms with Crippen LogP contribution in [0.25, 0.3) is 0 Å². The van der Waals surface area contributed by atoms with Crippen molar-refractivity contribution in [2.75, 3.05) is 12.4 Å². The number of methoxy groups -OCH3 is 1. The van der Waals surface area contributed by atoms with Crippen molar-refractivity contribution in [1.29, 1.82) is 5.26 Å². The van der Waals surface area contributed by atoms with Gasteiger partial charge in [-0.25, -0.2) is 0 Å². The van der Waals surface area contributed by atoms with E-state index in [1.807, 2.05) is 12.1 Å². The van der Waals surface area contributed by atoms with Crippen molar-refractivity contribution in [3.05, 3.63) is 59.2 Å². The Morgan fingerprint density at radius 3 is 2.81 bits per heavy atom. The number of hydrogen-bond acceptors (Lipinski definition) is 4. The van der Waals surface area contributed by atoms with E-state index in [9.17, 15) is 9.90 Å². The lowest BCUT2D eigenvalue weighted by Gasteiger charge is -2.11. The van der Waals surface area contributed by atoms with E-state index in [0.29, 0.717) is 17.7 Å². The highest BCUT2D eigenvalue weighted by atomic mass is 16.5. The van der Waals surface area contributed by atoms with Gasteiger partial charge in [0.1, 0.15) is 5.75 Å². The van der Waals surface area contributed by atoms with Gasteiger partial charge in [-0.2, -0.15) is 5.26 Å². The van der Waals surface area contributed by atoms with Gasteiger partial charge in [-0.15, -0.1) is 0 Å². The highest BCUT2D eigenvalue weighted by molar-refractivity contribution is 6.06. The number of rotatable bonds is 4. The average Bonchev–Trinajstić information content (AvgIpc) is 2.50. The number of nitriles is 1. The molecule has 2 aromatic carbocycles. The third-order valence-electron chi connectivity index (χ3n) is 2.94. The normalized spacial score (nSPS) is 9.90. The van der Waals surface area contributed by atoms with Gasteiger partial charge in [0.2, 0.25) is 0 Å². The minimum Gasteiger partial charge on any atom is -0.506 e. The standard InChI is InChI=1S/C16H14N2O3/c1-21-10-12-4-2-3-5-13(12)16(20)18-14-8-11(9-17)6-7-15(14)19/h2-8,19H,10H2,1H3,(H,18,20). The van der Waals surface area contributed by atoms with Gasteiger partial charge in [-0.05, 0) is 29.8 Å². The largest absolute Gasteiger partial charge is 0.506 e. The van der Waals surface area contributed by atoms with E-state index >= 15 is 0 Å².